The first-order valence-electron chi connectivity index (χ1n) is 12.4. The second-order valence-corrected chi connectivity index (χ2v) is 9.82. The molecule has 2 aliphatic rings. The molecule has 3 amide bonds. The summed E-state index contributed by atoms with van der Waals surface area (Å²) < 4.78 is 0. The number of carbonyl (C=O) groups is 3. The lowest BCUT2D eigenvalue weighted by atomic mass is 9.80. The molecule has 7 nitrogen and oxygen atoms in total. The molecular formula is C29H30N4O3. The second-order valence-electron chi connectivity index (χ2n) is 9.82. The number of hydrogen-bond donors (Lipinski definition) is 2. The van der Waals surface area contributed by atoms with Crippen LogP contribution < -0.4 is 10.6 Å². The third-order valence-electron chi connectivity index (χ3n) is 7.13. The van der Waals surface area contributed by atoms with Gasteiger partial charge in [-0.05, 0) is 80.1 Å². The summed E-state index contributed by atoms with van der Waals surface area (Å²) in [7, 11) is 0. The van der Waals surface area contributed by atoms with Gasteiger partial charge in [0.15, 0.2) is 0 Å². The van der Waals surface area contributed by atoms with Crippen LogP contribution in [-0.2, 0) is 11.3 Å². The fourth-order valence-corrected chi connectivity index (χ4v) is 5.40. The largest absolute Gasteiger partial charge is 0.348 e. The Bertz CT molecular complexity index is 1290. The smallest absolute Gasteiger partial charge is 0.253 e. The Morgan fingerprint density at radius 3 is 2.47 bits per heavy atom. The molecule has 5 rings (SSSR count). The molecule has 2 N–H and O–H groups in total. The van der Waals surface area contributed by atoms with Crippen molar-refractivity contribution in [2.45, 2.75) is 39.2 Å². The predicted molar refractivity (Wildman–Crippen MR) is 138 cm³/mol. The van der Waals surface area contributed by atoms with Crippen LogP contribution >= 0.6 is 0 Å². The Hall–Kier alpha value is -4.00. The summed E-state index contributed by atoms with van der Waals surface area (Å²) in [5, 5.41) is 5.91. The molecular weight excluding hydrogens is 452 g/mol. The molecule has 36 heavy (non-hydrogen) atoms. The van der Waals surface area contributed by atoms with Crippen molar-refractivity contribution in [2.24, 2.45) is 5.92 Å². The minimum Gasteiger partial charge on any atom is -0.348 e. The molecule has 0 spiro atoms. The molecule has 0 bridgehead atoms. The molecule has 7 heteroatoms. The van der Waals surface area contributed by atoms with Crippen molar-refractivity contribution in [3.8, 4) is 0 Å². The molecule has 0 unspecified atom stereocenters. The van der Waals surface area contributed by atoms with Gasteiger partial charge in [-0.2, -0.15) is 0 Å². The number of amides is 3. The number of carbonyl (C=O) groups excluding carboxylic acids is 3. The molecule has 0 saturated carbocycles. The van der Waals surface area contributed by atoms with Crippen molar-refractivity contribution in [1.82, 2.24) is 15.2 Å². The summed E-state index contributed by atoms with van der Waals surface area (Å²) in [4.78, 5) is 44.8. The van der Waals surface area contributed by atoms with E-state index < -0.39 is 0 Å². The zero-order valence-corrected chi connectivity index (χ0v) is 20.6. The van der Waals surface area contributed by atoms with E-state index in [0.717, 1.165) is 46.3 Å². The summed E-state index contributed by atoms with van der Waals surface area (Å²) in [6.45, 7) is 5.61. The van der Waals surface area contributed by atoms with Crippen LogP contribution in [0.2, 0.25) is 0 Å². The quantitative estimate of drug-likeness (QED) is 0.570. The lowest BCUT2D eigenvalue weighted by molar-refractivity contribution is -0.118. The molecule has 1 saturated heterocycles. The number of likely N-dealkylation sites (tertiary alicyclic amines) is 1. The van der Waals surface area contributed by atoms with Gasteiger partial charge in [-0.1, -0.05) is 23.3 Å². The Morgan fingerprint density at radius 1 is 1.03 bits per heavy atom. The third kappa shape index (κ3) is 4.87. The maximum Gasteiger partial charge on any atom is 0.253 e. The number of nitrogens with zero attached hydrogens (tertiary/aromatic N) is 2. The number of benzene rings is 2. The van der Waals surface area contributed by atoms with Gasteiger partial charge in [-0.3, -0.25) is 19.4 Å². The second kappa shape index (κ2) is 9.93. The Kier molecular flexibility index (Phi) is 6.55. The van der Waals surface area contributed by atoms with Gasteiger partial charge < -0.3 is 15.5 Å². The maximum atomic E-state index is 13.1. The number of rotatable bonds is 5. The van der Waals surface area contributed by atoms with E-state index in [1.807, 2.05) is 55.1 Å². The average molecular weight is 483 g/mol. The lowest BCUT2D eigenvalue weighted by Crippen LogP contribution is -2.40. The van der Waals surface area contributed by atoms with Gasteiger partial charge in [0, 0.05) is 48.8 Å². The van der Waals surface area contributed by atoms with Gasteiger partial charge in [0.25, 0.3) is 11.8 Å². The van der Waals surface area contributed by atoms with E-state index in [1.54, 1.807) is 18.5 Å². The van der Waals surface area contributed by atoms with E-state index in [9.17, 15) is 14.4 Å². The fourth-order valence-electron chi connectivity index (χ4n) is 5.40. The van der Waals surface area contributed by atoms with Crippen molar-refractivity contribution >= 4 is 23.4 Å². The molecule has 0 radical (unpaired) electrons. The highest BCUT2D eigenvalue weighted by atomic mass is 16.2. The number of aryl methyl sites for hydroxylation is 2. The summed E-state index contributed by atoms with van der Waals surface area (Å²) in [6, 6.07) is 15.1. The molecule has 0 aliphatic carbocycles. The standard InChI is InChI=1S/C29H30N4O3/c1-18-12-19(2)14-23(13-18)29(36)33-10-7-21(8-11-33)26-24-15-22(5-6-25(24)32-28(26)35)27(34)31-17-20-4-3-9-30-16-20/h3-6,9,12-16,21,26H,7-8,10-11,17H2,1-2H3,(H,31,34)(H,32,35)/t26-/m0/s1. The highest BCUT2D eigenvalue weighted by Gasteiger charge is 2.39. The monoisotopic (exact) mass is 482 g/mol. The van der Waals surface area contributed by atoms with Crippen LogP contribution in [0.4, 0.5) is 5.69 Å². The van der Waals surface area contributed by atoms with Gasteiger partial charge in [-0.25, -0.2) is 0 Å². The Labute approximate surface area is 210 Å². The van der Waals surface area contributed by atoms with Crippen LogP contribution in [-0.4, -0.2) is 40.7 Å². The zero-order valence-electron chi connectivity index (χ0n) is 20.6. The highest BCUT2D eigenvalue weighted by molar-refractivity contribution is 6.05. The van der Waals surface area contributed by atoms with Crippen molar-refractivity contribution < 1.29 is 14.4 Å². The molecule has 3 heterocycles. The molecule has 184 valence electrons. The normalized spacial score (nSPS) is 17.4. The van der Waals surface area contributed by atoms with Crippen LogP contribution in [0.1, 0.15) is 61.7 Å². The van der Waals surface area contributed by atoms with Crippen LogP contribution in [0.5, 0.6) is 0 Å². The number of anilines is 1. The van der Waals surface area contributed by atoms with Crippen LogP contribution in [0, 0.1) is 19.8 Å². The van der Waals surface area contributed by atoms with Crippen molar-refractivity contribution in [2.75, 3.05) is 18.4 Å². The molecule has 1 fully saturated rings. The molecule has 1 aromatic heterocycles. The number of aromatic nitrogens is 1. The average Bonchev–Trinajstić information content (AvgIpc) is 3.21. The topological polar surface area (TPSA) is 91.4 Å². The predicted octanol–water partition coefficient (Wildman–Crippen LogP) is 4.22. The first-order chi connectivity index (χ1) is 17.4. The van der Waals surface area contributed by atoms with Crippen LogP contribution in [0.15, 0.2) is 60.9 Å². The van der Waals surface area contributed by atoms with Gasteiger partial charge in [0.05, 0.1) is 5.92 Å². The van der Waals surface area contributed by atoms with Crippen LogP contribution in [0.3, 0.4) is 0 Å². The maximum absolute atomic E-state index is 13.1. The van der Waals surface area contributed by atoms with E-state index in [1.165, 1.54) is 0 Å². The lowest BCUT2D eigenvalue weighted by Gasteiger charge is -2.34. The van der Waals surface area contributed by atoms with Gasteiger partial charge >= 0.3 is 0 Å². The van der Waals surface area contributed by atoms with E-state index in [-0.39, 0.29) is 29.6 Å². The fraction of sp³-hybridized carbons (Fsp3) is 0.310. The first kappa shape index (κ1) is 23.7. The number of piperidine rings is 1. The molecule has 1 atom stereocenters. The Balaban J connectivity index is 1.26. The minimum absolute atomic E-state index is 0.0306. The van der Waals surface area contributed by atoms with Crippen LogP contribution in [0.25, 0.3) is 0 Å². The van der Waals surface area contributed by atoms with E-state index >= 15 is 0 Å². The first-order valence-corrected chi connectivity index (χ1v) is 12.4. The summed E-state index contributed by atoms with van der Waals surface area (Å²) >= 11 is 0. The minimum atomic E-state index is -0.315. The number of fused-ring (bicyclic) bond motifs is 1. The Morgan fingerprint density at radius 2 is 1.78 bits per heavy atom. The number of nitrogens with one attached hydrogen (secondary N) is 2. The zero-order chi connectivity index (χ0) is 25.2. The van der Waals surface area contributed by atoms with Gasteiger partial charge in [-0.15, -0.1) is 0 Å². The molecule has 3 aromatic rings. The van der Waals surface area contributed by atoms with Crippen molar-refractivity contribution in [3.63, 3.8) is 0 Å². The van der Waals surface area contributed by atoms with E-state index in [4.69, 9.17) is 0 Å². The summed E-state index contributed by atoms with van der Waals surface area (Å²) in [5.41, 5.74) is 5.96. The molecule has 2 aliphatic heterocycles. The third-order valence-corrected chi connectivity index (χ3v) is 7.13. The number of pyridine rings is 1. The van der Waals surface area contributed by atoms with E-state index in [0.29, 0.717) is 25.2 Å². The van der Waals surface area contributed by atoms with Crippen molar-refractivity contribution in [3.05, 3.63) is 94.3 Å². The number of hydrogen-bond acceptors (Lipinski definition) is 4. The van der Waals surface area contributed by atoms with E-state index in [2.05, 4.69) is 21.7 Å². The summed E-state index contributed by atoms with van der Waals surface area (Å²) in [6.07, 6.45) is 4.90. The summed E-state index contributed by atoms with van der Waals surface area (Å²) in [5.74, 6) is -0.373. The molecule has 2 aromatic carbocycles. The SMILES string of the molecule is Cc1cc(C)cc(C(=O)N2CCC([C@@H]3C(=O)Nc4ccc(C(=O)NCc5cccnc5)cc43)CC2)c1. The van der Waals surface area contributed by atoms with Gasteiger partial charge in [0.1, 0.15) is 0 Å². The van der Waals surface area contributed by atoms with Crippen molar-refractivity contribution in [1.29, 1.82) is 0 Å². The highest BCUT2D eigenvalue weighted by Crippen LogP contribution is 2.42. The van der Waals surface area contributed by atoms with Gasteiger partial charge in [0.2, 0.25) is 5.91 Å².